The predicted octanol–water partition coefficient (Wildman–Crippen LogP) is 1.79. The number of likely N-dealkylation sites (N-methyl/N-ethyl adjacent to an activating group) is 2. The second-order valence-electron chi connectivity index (χ2n) is 4.29. The zero-order chi connectivity index (χ0) is 12.7. The summed E-state index contributed by atoms with van der Waals surface area (Å²) < 4.78 is 0. The lowest BCUT2D eigenvalue weighted by molar-refractivity contribution is 0.177. The summed E-state index contributed by atoms with van der Waals surface area (Å²) in [6, 6.07) is 8.30. The number of aryl methyl sites for hydroxylation is 1. The van der Waals surface area contributed by atoms with Gasteiger partial charge < -0.3 is 15.3 Å². The number of benzene rings is 1. The summed E-state index contributed by atoms with van der Waals surface area (Å²) in [6.07, 6.45) is -0.325. The molecule has 0 aliphatic heterocycles. The van der Waals surface area contributed by atoms with Crippen LogP contribution in [-0.2, 0) is 0 Å². The first kappa shape index (κ1) is 14.0. The molecule has 2 N–H and O–H groups in total. The van der Waals surface area contributed by atoms with Crippen molar-refractivity contribution in [3.63, 3.8) is 0 Å². The fourth-order valence-corrected chi connectivity index (χ4v) is 1.95. The molecule has 96 valence electrons. The number of aliphatic hydroxyl groups excluding tert-OH is 1. The van der Waals surface area contributed by atoms with Crippen LogP contribution in [0.15, 0.2) is 24.3 Å². The Morgan fingerprint density at radius 3 is 2.59 bits per heavy atom. The Morgan fingerprint density at radius 2 is 2.00 bits per heavy atom. The van der Waals surface area contributed by atoms with Crippen molar-refractivity contribution in [2.24, 2.45) is 0 Å². The van der Waals surface area contributed by atoms with E-state index in [2.05, 4.69) is 36.2 Å². The van der Waals surface area contributed by atoms with Crippen LogP contribution in [0.2, 0.25) is 0 Å². The number of aliphatic hydroxyl groups is 1. The van der Waals surface area contributed by atoms with Crippen molar-refractivity contribution >= 4 is 5.69 Å². The Kier molecular flexibility index (Phi) is 6.01. The van der Waals surface area contributed by atoms with Crippen molar-refractivity contribution < 1.29 is 5.11 Å². The molecule has 1 rings (SSSR count). The fraction of sp³-hybridized carbons (Fsp3) is 0.571. The van der Waals surface area contributed by atoms with Gasteiger partial charge in [0.05, 0.1) is 6.10 Å². The fourth-order valence-electron chi connectivity index (χ4n) is 1.95. The third kappa shape index (κ3) is 4.36. The minimum Gasteiger partial charge on any atom is -0.390 e. The first-order valence-corrected chi connectivity index (χ1v) is 6.38. The number of hydrogen-bond donors (Lipinski definition) is 2. The van der Waals surface area contributed by atoms with Crippen LogP contribution in [0.1, 0.15) is 19.4 Å². The molecule has 0 heterocycles. The highest BCUT2D eigenvalue weighted by Gasteiger charge is 2.11. The Morgan fingerprint density at radius 1 is 1.29 bits per heavy atom. The van der Waals surface area contributed by atoms with Gasteiger partial charge >= 0.3 is 0 Å². The van der Waals surface area contributed by atoms with Gasteiger partial charge in [0.2, 0.25) is 0 Å². The van der Waals surface area contributed by atoms with Crippen LogP contribution in [0.5, 0.6) is 0 Å². The molecule has 0 aliphatic carbocycles. The first-order valence-electron chi connectivity index (χ1n) is 6.38. The maximum Gasteiger partial charge on any atom is 0.0839 e. The van der Waals surface area contributed by atoms with Crippen molar-refractivity contribution in [3.05, 3.63) is 29.8 Å². The summed E-state index contributed by atoms with van der Waals surface area (Å²) in [4.78, 5) is 2.22. The van der Waals surface area contributed by atoms with Gasteiger partial charge in [0.25, 0.3) is 0 Å². The lowest BCUT2D eigenvalue weighted by Crippen LogP contribution is -2.38. The van der Waals surface area contributed by atoms with Gasteiger partial charge in [-0.2, -0.15) is 0 Å². The predicted molar refractivity (Wildman–Crippen MR) is 73.6 cm³/mol. The van der Waals surface area contributed by atoms with E-state index >= 15 is 0 Å². The zero-order valence-corrected chi connectivity index (χ0v) is 11.1. The molecule has 0 saturated heterocycles. The van der Waals surface area contributed by atoms with Crippen LogP contribution in [0.3, 0.4) is 0 Å². The summed E-state index contributed by atoms with van der Waals surface area (Å²) in [6.45, 7) is 9.40. The number of anilines is 1. The molecule has 17 heavy (non-hydrogen) atoms. The van der Waals surface area contributed by atoms with E-state index < -0.39 is 0 Å². The zero-order valence-electron chi connectivity index (χ0n) is 11.1. The third-order valence-electron chi connectivity index (χ3n) is 2.90. The monoisotopic (exact) mass is 236 g/mol. The molecule has 0 fully saturated rings. The van der Waals surface area contributed by atoms with Crippen LogP contribution in [0.4, 0.5) is 5.69 Å². The molecule has 3 nitrogen and oxygen atoms in total. The van der Waals surface area contributed by atoms with E-state index in [4.69, 9.17) is 0 Å². The van der Waals surface area contributed by atoms with Crippen molar-refractivity contribution in [2.75, 3.05) is 31.1 Å². The van der Waals surface area contributed by atoms with Crippen molar-refractivity contribution in [2.45, 2.75) is 26.9 Å². The Hall–Kier alpha value is -1.06. The number of nitrogens with zero attached hydrogens (tertiary/aromatic N) is 1. The van der Waals surface area contributed by atoms with E-state index in [0.717, 1.165) is 13.1 Å². The molecule has 0 aromatic heterocycles. The van der Waals surface area contributed by atoms with Crippen LogP contribution in [-0.4, -0.2) is 37.4 Å². The smallest absolute Gasteiger partial charge is 0.0839 e. The molecule has 0 aliphatic rings. The maximum atomic E-state index is 9.93. The SMILES string of the molecule is CCNCC(O)CN(CC)c1ccccc1C. The summed E-state index contributed by atoms with van der Waals surface area (Å²) in [7, 11) is 0. The molecule has 0 bridgehead atoms. The van der Waals surface area contributed by atoms with Crippen LogP contribution in [0, 0.1) is 6.92 Å². The number of rotatable bonds is 7. The van der Waals surface area contributed by atoms with Crippen LogP contribution >= 0.6 is 0 Å². The summed E-state index contributed by atoms with van der Waals surface area (Å²) >= 11 is 0. The van der Waals surface area contributed by atoms with Gasteiger partial charge in [-0.1, -0.05) is 25.1 Å². The molecular weight excluding hydrogens is 212 g/mol. The van der Waals surface area contributed by atoms with Crippen molar-refractivity contribution in [1.29, 1.82) is 0 Å². The highest BCUT2D eigenvalue weighted by molar-refractivity contribution is 5.52. The second kappa shape index (κ2) is 7.30. The van der Waals surface area contributed by atoms with Crippen molar-refractivity contribution in [3.8, 4) is 0 Å². The topological polar surface area (TPSA) is 35.5 Å². The van der Waals surface area contributed by atoms with E-state index in [9.17, 15) is 5.11 Å². The molecule has 1 aromatic rings. The average molecular weight is 236 g/mol. The van der Waals surface area contributed by atoms with Crippen LogP contribution in [0.25, 0.3) is 0 Å². The van der Waals surface area contributed by atoms with E-state index in [1.54, 1.807) is 0 Å². The Labute approximate surface area is 104 Å². The lowest BCUT2D eigenvalue weighted by atomic mass is 10.1. The number of hydrogen-bond acceptors (Lipinski definition) is 3. The average Bonchev–Trinajstić information content (AvgIpc) is 2.34. The van der Waals surface area contributed by atoms with Gasteiger partial charge in [-0.15, -0.1) is 0 Å². The van der Waals surface area contributed by atoms with Gasteiger partial charge in [-0.25, -0.2) is 0 Å². The number of para-hydroxylation sites is 1. The van der Waals surface area contributed by atoms with E-state index in [1.165, 1.54) is 11.3 Å². The molecule has 0 radical (unpaired) electrons. The van der Waals surface area contributed by atoms with Gasteiger partial charge in [-0.05, 0) is 32.0 Å². The number of nitrogens with one attached hydrogen (secondary N) is 1. The highest BCUT2D eigenvalue weighted by atomic mass is 16.3. The lowest BCUT2D eigenvalue weighted by Gasteiger charge is -2.27. The largest absolute Gasteiger partial charge is 0.390 e. The van der Waals surface area contributed by atoms with E-state index in [-0.39, 0.29) is 6.10 Å². The molecule has 1 atom stereocenters. The van der Waals surface area contributed by atoms with E-state index in [1.807, 2.05) is 19.1 Å². The highest BCUT2D eigenvalue weighted by Crippen LogP contribution is 2.19. The van der Waals surface area contributed by atoms with Crippen molar-refractivity contribution in [1.82, 2.24) is 5.32 Å². The van der Waals surface area contributed by atoms with Crippen LogP contribution < -0.4 is 10.2 Å². The molecule has 1 unspecified atom stereocenters. The summed E-state index contributed by atoms with van der Waals surface area (Å²) in [5, 5.41) is 13.1. The maximum absolute atomic E-state index is 9.93. The Bertz CT molecular complexity index is 328. The summed E-state index contributed by atoms with van der Waals surface area (Å²) in [5.41, 5.74) is 2.47. The van der Waals surface area contributed by atoms with Gasteiger partial charge in [0, 0.05) is 25.3 Å². The molecule has 3 heteroatoms. The quantitative estimate of drug-likeness (QED) is 0.757. The van der Waals surface area contributed by atoms with Gasteiger partial charge in [-0.3, -0.25) is 0 Å². The second-order valence-corrected chi connectivity index (χ2v) is 4.29. The molecule has 1 aromatic carbocycles. The molecule has 0 saturated carbocycles. The first-order chi connectivity index (χ1) is 8.19. The summed E-state index contributed by atoms with van der Waals surface area (Å²) in [5.74, 6) is 0. The van der Waals surface area contributed by atoms with Gasteiger partial charge in [0.1, 0.15) is 0 Å². The van der Waals surface area contributed by atoms with E-state index in [0.29, 0.717) is 13.1 Å². The third-order valence-corrected chi connectivity index (χ3v) is 2.90. The van der Waals surface area contributed by atoms with Gasteiger partial charge in [0.15, 0.2) is 0 Å². The normalized spacial score (nSPS) is 12.5. The standard InChI is InChI=1S/C14H24N2O/c1-4-15-10-13(17)11-16(5-2)14-9-7-6-8-12(14)3/h6-9,13,15,17H,4-5,10-11H2,1-3H3. The molecule has 0 amide bonds. The Balaban J connectivity index is 2.62. The molecular formula is C14H24N2O. The minimum absolute atomic E-state index is 0.325. The minimum atomic E-state index is -0.325. The molecule has 0 spiro atoms.